The molecular formula is C13H21NO4S. The molecule has 0 amide bonds. The first-order valence-corrected chi connectivity index (χ1v) is 7.01. The molecule has 1 aliphatic heterocycles. The van der Waals surface area contributed by atoms with E-state index in [1.165, 1.54) is 0 Å². The number of aliphatic carboxylic acids is 2. The third-order valence-electron chi connectivity index (χ3n) is 3.70. The van der Waals surface area contributed by atoms with Gasteiger partial charge in [-0.05, 0) is 25.7 Å². The van der Waals surface area contributed by atoms with Crippen molar-refractivity contribution in [2.75, 3.05) is 6.54 Å². The Labute approximate surface area is 118 Å². The van der Waals surface area contributed by atoms with Gasteiger partial charge < -0.3 is 15.1 Å². The number of carbonyl (C=O) groups is 2. The summed E-state index contributed by atoms with van der Waals surface area (Å²) < 4.78 is 0. The fourth-order valence-corrected chi connectivity index (χ4v) is 2.65. The first-order valence-electron chi connectivity index (χ1n) is 6.60. The number of hydrogen-bond acceptors (Lipinski definition) is 3. The lowest BCUT2D eigenvalue weighted by Gasteiger charge is -2.28. The summed E-state index contributed by atoms with van der Waals surface area (Å²) in [4.78, 5) is 24.3. The van der Waals surface area contributed by atoms with Crippen LogP contribution in [0.3, 0.4) is 0 Å². The fraction of sp³-hybridized carbons (Fsp3) is 0.769. The van der Waals surface area contributed by atoms with Gasteiger partial charge in [0.2, 0.25) is 0 Å². The normalized spacial score (nSPS) is 22.0. The molecule has 1 saturated heterocycles. The average molecular weight is 287 g/mol. The Bertz CT molecular complexity index is 372. The van der Waals surface area contributed by atoms with E-state index in [-0.39, 0.29) is 11.8 Å². The molecule has 1 rings (SSSR count). The Morgan fingerprint density at radius 1 is 1.26 bits per heavy atom. The minimum atomic E-state index is -0.828. The van der Waals surface area contributed by atoms with Crippen LogP contribution in [0.15, 0.2) is 0 Å². The maximum Gasteiger partial charge on any atom is 0.326 e. The summed E-state index contributed by atoms with van der Waals surface area (Å²) in [6.45, 7) is 4.30. The second kappa shape index (κ2) is 6.84. The minimum absolute atomic E-state index is 0.0387. The third kappa shape index (κ3) is 4.16. The van der Waals surface area contributed by atoms with Gasteiger partial charge in [0.25, 0.3) is 0 Å². The van der Waals surface area contributed by atoms with E-state index < -0.39 is 18.0 Å². The van der Waals surface area contributed by atoms with Crippen LogP contribution in [-0.2, 0) is 9.59 Å². The van der Waals surface area contributed by atoms with Gasteiger partial charge in [-0.1, -0.05) is 26.1 Å². The zero-order valence-electron chi connectivity index (χ0n) is 11.3. The maximum atomic E-state index is 11.1. The molecule has 0 bridgehead atoms. The van der Waals surface area contributed by atoms with E-state index in [2.05, 4.69) is 0 Å². The Kier molecular flexibility index (Phi) is 5.72. The number of nitrogens with zero attached hydrogens (tertiary/aromatic N) is 1. The first kappa shape index (κ1) is 15.9. The molecule has 0 aromatic heterocycles. The molecule has 0 saturated carbocycles. The van der Waals surface area contributed by atoms with Crippen molar-refractivity contribution in [3.05, 3.63) is 0 Å². The third-order valence-corrected chi connectivity index (χ3v) is 4.33. The molecule has 3 atom stereocenters. The van der Waals surface area contributed by atoms with Crippen molar-refractivity contribution in [3.63, 3.8) is 0 Å². The topological polar surface area (TPSA) is 77.8 Å². The molecule has 6 heteroatoms. The highest BCUT2D eigenvalue weighted by Crippen LogP contribution is 2.23. The summed E-state index contributed by atoms with van der Waals surface area (Å²) in [6.07, 6.45) is 2.71. The van der Waals surface area contributed by atoms with Crippen LogP contribution in [0.4, 0.5) is 0 Å². The molecular weight excluding hydrogens is 266 g/mol. The zero-order chi connectivity index (χ0) is 14.6. The molecule has 19 heavy (non-hydrogen) atoms. The summed E-state index contributed by atoms with van der Waals surface area (Å²) >= 11 is 5.37. The molecule has 2 unspecified atom stereocenters. The zero-order valence-corrected chi connectivity index (χ0v) is 12.2. The summed E-state index contributed by atoms with van der Waals surface area (Å²) in [6, 6.07) is -0.508. The highest BCUT2D eigenvalue weighted by atomic mass is 32.1. The van der Waals surface area contributed by atoms with Gasteiger partial charge in [0.1, 0.15) is 6.04 Å². The van der Waals surface area contributed by atoms with E-state index in [0.717, 1.165) is 6.42 Å². The molecule has 1 fully saturated rings. The van der Waals surface area contributed by atoms with Crippen LogP contribution in [0.1, 0.15) is 39.5 Å². The van der Waals surface area contributed by atoms with Gasteiger partial charge in [0, 0.05) is 12.5 Å². The van der Waals surface area contributed by atoms with E-state index in [4.69, 9.17) is 22.4 Å². The van der Waals surface area contributed by atoms with E-state index in [1.54, 1.807) is 11.8 Å². The Morgan fingerprint density at radius 2 is 1.84 bits per heavy atom. The van der Waals surface area contributed by atoms with Crippen molar-refractivity contribution < 1.29 is 19.8 Å². The molecule has 0 aromatic rings. The Balaban J connectivity index is 2.52. The predicted octanol–water partition coefficient (Wildman–Crippen LogP) is 2.00. The summed E-state index contributed by atoms with van der Waals surface area (Å²) in [5.74, 6) is -1.98. The number of hydrogen-bond donors (Lipinski definition) is 2. The number of carboxylic acid groups (broad SMARTS) is 2. The van der Waals surface area contributed by atoms with Gasteiger partial charge in [0.15, 0.2) is 0 Å². The van der Waals surface area contributed by atoms with Gasteiger partial charge in [-0.3, -0.25) is 4.79 Å². The molecule has 2 N–H and O–H groups in total. The molecule has 0 aliphatic carbocycles. The number of rotatable bonds is 6. The number of carboxylic acids is 2. The van der Waals surface area contributed by atoms with Crippen molar-refractivity contribution in [1.82, 2.24) is 4.90 Å². The second-order valence-electron chi connectivity index (χ2n) is 5.25. The van der Waals surface area contributed by atoms with Crippen LogP contribution < -0.4 is 0 Å². The van der Waals surface area contributed by atoms with Crippen molar-refractivity contribution in [1.29, 1.82) is 0 Å². The highest BCUT2D eigenvalue weighted by Gasteiger charge is 2.33. The van der Waals surface area contributed by atoms with Crippen LogP contribution >= 0.6 is 12.2 Å². The molecule has 1 heterocycles. The summed E-state index contributed by atoms with van der Waals surface area (Å²) in [5.41, 5.74) is 0. The van der Waals surface area contributed by atoms with Crippen molar-refractivity contribution in [3.8, 4) is 0 Å². The lowest BCUT2D eigenvalue weighted by atomic mass is 9.97. The summed E-state index contributed by atoms with van der Waals surface area (Å²) in [7, 11) is 0. The van der Waals surface area contributed by atoms with E-state index in [0.29, 0.717) is 30.8 Å². The Morgan fingerprint density at radius 3 is 2.37 bits per heavy atom. The lowest BCUT2D eigenvalue weighted by molar-refractivity contribution is -0.142. The van der Waals surface area contributed by atoms with Gasteiger partial charge in [-0.15, -0.1) is 0 Å². The average Bonchev–Trinajstić information content (AvgIpc) is 2.83. The maximum absolute atomic E-state index is 11.1. The Hall–Kier alpha value is -1.17. The molecule has 0 spiro atoms. The second-order valence-corrected chi connectivity index (χ2v) is 5.66. The number of thiocarbonyl (C=S) groups is 1. The molecule has 108 valence electrons. The highest BCUT2D eigenvalue weighted by molar-refractivity contribution is 7.80. The van der Waals surface area contributed by atoms with E-state index >= 15 is 0 Å². The van der Waals surface area contributed by atoms with Crippen molar-refractivity contribution >= 4 is 29.1 Å². The SMILES string of the molecule is CC(CCC(C)C(=S)N1CCC[C@H]1C(=O)O)C(=O)O. The van der Waals surface area contributed by atoms with Crippen LogP contribution in [0, 0.1) is 11.8 Å². The smallest absolute Gasteiger partial charge is 0.326 e. The van der Waals surface area contributed by atoms with Crippen LogP contribution in [0.25, 0.3) is 0 Å². The van der Waals surface area contributed by atoms with Crippen molar-refractivity contribution in [2.24, 2.45) is 11.8 Å². The van der Waals surface area contributed by atoms with Gasteiger partial charge >= 0.3 is 11.9 Å². The predicted molar refractivity (Wildman–Crippen MR) is 75.2 cm³/mol. The van der Waals surface area contributed by atoms with E-state index in [9.17, 15) is 9.59 Å². The van der Waals surface area contributed by atoms with Crippen molar-refractivity contribution in [2.45, 2.75) is 45.6 Å². The van der Waals surface area contributed by atoms with Gasteiger partial charge in [0.05, 0.1) is 10.9 Å². The lowest BCUT2D eigenvalue weighted by Crippen LogP contribution is -2.42. The minimum Gasteiger partial charge on any atom is -0.481 e. The molecule has 1 aliphatic rings. The molecule has 0 radical (unpaired) electrons. The molecule has 0 aromatic carbocycles. The van der Waals surface area contributed by atoms with Crippen LogP contribution in [0.5, 0.6) is 0 Å². The first-order chi connectivity index (χ1) is 8.84. The van der Waals surface area contributed by atoms with Crippen LogP contribution in [-0.4, -0.2) is 44.6 Å². The largest absolute Gasteiger partial charge is 0.481 e. The fourth-order valence-electron chi connectivity index (χ4n) is 2.32. The van der Waals surface area contributed by atoms with E-state index in [1.807, 2.05) is 6.92 Å². The number of likely N-dealkylation sites (tertiary alicyclic amines) is 1. The monoisotopic (exact) mass is 287 g/mol. The quantitative estimate of drug-likeness (QED) is 0.728. The van der Waals surface area contributed by atoms with Gasteiger partial charge in [-0.25, -0.2) is 4.79 Å². The summed E-state index contributed by atoms with van der Waals surface area (Å²) in [5, 5.41) is 18.0. The van der Waals surface area contributed by atoms with Gasteiger partial charge in [-0.2, -0.15) is 0 Å². The molecule has 5 nitrogen and oxygen atoms in total. The van der Waals surface area contributed by atoms with Crippen LogP contribution in [0.2, 0.25) is 0 Å². The standard InChI is InChI=1S/C13H21NO4S/c1-8(5-6-9(2)12(15)16)11(19)14-7-3-4-10(14)13(17)18/h8-10H,3-7H2,1-2H3,(H,15,16)(H,17,18)/t8?,9?,10-/m0/s1.